The molecular formula is C23H31N3O6S2. The van der Waals surface area contributed by atoms with E-state index in [0.717, 1.165) is 11.1 Å². The predicted molar refractivity (Wildman–Crippen MR) is 130 cm³/mol. The minimum Gasteiger partial charge on any atom is -0.465 e. The number of hydrogen-bond donors (Lipinski definition) is 1. The molecule has 3 rings (SSSR count). The summed E-state index contributed by atoms with van der Waals surface area (Å²) in [5, 5.41) is 0. The maximum atomic E-state index is 12.0. The van der Waals surface area contributed by atoms with Crippen LogP contribution in [-0.2, 0) is 32.2 Å². The van der Waals surface area contributed by atoms with Gasteiger partial charge in [-0.05, 0) is 29.7 Å². The minimum atomic E-state index is -3.23. The largest absolute Gasteiger partial charge is 0.465 e. The van der Waals surface area contributed by atoms with Crippen LogP contribution in [0.5, 0.6) is 0 Å². The highest BCUT2D eigenvalue weighted by atomic mass is 32.2. The van der Waals surface area contributed by atoms with Crippen LogP contribution in [0.3, 0.4) is 0 Å². The molecule has 9 nitrogen and oxygen atoms in total. The first-order chi connectivity index (χ1) is 16.2. The van der Waals surface area contributed by atoms with E-state index in [1.807, 2.05) is 30.3 Å². The van der Waals surface area contributed by atoms with Crippen molar-refractivity contribution in [2.45, 2.75) is 19.0 Å². The number of thiol groups is 1. The van der Waals surface area contributed by atoms with E-state index >= 15 is 0 Å². The van der Waals surface area contributed by atoms with E-state index in [4.69, 9.17) is 4.74 Å². The van der Waals surface area contributed by atoms with Crippen LogP contribution in [0.25, 0.3) is 0 Å². The fourth-order valence-corrected chi connectivity index (χ4v) is 5.53. The van der Waals surface area contributed by atoms with Crippen LogP contribution in [-0.4, -0.2) is 82.4 Å². The Balaban J connectivity index is 1.70. The van der Waals surface area contributed by atoms with E-state index in [1.54, 1.807) is 24.3 Å². The van der Waals surface area contributed by atoms with Crippen molar-refractivity contribution in [2.24, 2.45) is 0 Å². The van der Waals surface area contributed by atoms with Crippen LogP contribution >= 0.6 is 0 Å². The summed E-state index contributed by atoms with van der Waals surface area (Å²) < 4.78 is 55.3. The molecule has 1 saturated heterocycles. The second kappa shape index (κ2) is 11.9. The molecule has 2 aromatic rings. The summed E-state index contributed by atoms with van der Waals surface area (Å²) in [6.07, 6.45) is 1.78. The molecular weight excluding hydrogens is 478 g/mol. The number of sulfonamides is 1. The lowest BCUT2D eigenvalue weighted by atomic mass is 10.0. The zero-order valence-electron chi connectivity index (χ0n) is 19.4. The molecule has 0 radical (unpaired) electrons. The van der Waals surface area contributed by atoms with Gasteiger partial charge in [-0.15, -0.1) is 0 Å². The lowest BCUT2D eigenvalue weighted by Gasteiger charge is -2.39. The minimum absolute atomic E-state index is 0.0398. The summed E-state index contributed by atoms with van der Waals surface area (Å²) in [6, 6.07) is 16.5. The summed E-state index contributed by atoms with van der Waals surface area (Å²) in [5.74, 6) is -0.444. The third-order valence-corrected chi connectivity index (χ3v) is 8.11. The molecule has 1 unspecified atom stereocenters. The second-order valence-electron chi connectivity index (χ2n) is 8.23. The highest BCUT2D eigenvalue weighted by molar-refractivity contribution is 7.88. The van der Waals surface area contributed by atoms with Gasteiger partial charge in [-0.3, -0.25) is 4.90 Å². The van der Waals surface area contributed by atoms with Gasteiger partial charge < -0.3 is 4.74 Å². The maximum Gasteiger partial charge on any atom is 0.337 e. The number of carbonyl (C=O) groups is 1. The molecule has 1 aliphatic heterocycles. The lowest BCUT2D eigenvalue weighted by Crippen LogP contribution is -2.49. The van der Waals surface area contributed by atoms with Gasteiger partial charge in [0, 0.05) is 45.3 Å². The Morgan fingerprint density at radius 3 is 2.18 bits per heavy atom. The third kappa shape index (κ3) is 7.09. The van der Waals surface area contributed by atoms with E-state index in [-0.39, 0.29) is 12.6 Å². The summed E-state index contributed by atoms with van der Waals surface area (Å²) in [4.78, 5) is 13.8. The van der Waals surface area contributed by atoms with Crippen LogP contribution in [0.2, 0.25) is 0 Å². The molecule has 0 aliphatic carbocycles. The molecule has 0 saturated carbocycles. The SMILES string of the molecule is COC(=O)c1ccc(CN(CCC(c2ccccc2)N2CCN(S(C)(=O)=O)CC2)[SH](=O)=O)cc1. The molecule has 2 aromatic carbocycles. The van der Waals surface area contributed by atoms with Gasteiger partial charge in [-0.2, -0.15) is 8.61 Å². The van der Waals surface area contributed by atoms with Crippen LogP contribution in [0.15, 0.2) is 54.6 Å². The predicted octanol–water partition coefficient (Wildman–Crippen LogP) is 1.51. The topological polar surface area (TPSA) is 104 Å². The van der Waals surface area contributed by atoms with Crippen molar-refractivity contribution in [1.29, 1.82) is 0 Å². The van der Waals surface area contributed by atoms with Crippen molar-refractivity contribution in [2.75, 3.05) is 46.1 Å². The molecule has 1 atom stereocenters. The summed E-state index contributed by atoms with van der Waals surface area (Å²) in [6.45, 7) is 2.48. The number of methoxy groups -OCH3 is 1. The number of piperazine rings is 1. The molecule has 186 valence electrons. The first-order valence-corrected chi connectivity index (χ1v) is 14.0. The fraction of sp³-hybridized carbons (Fsp3) is 0.435. The molecule has 1 fully saturated rings. The molecule has 34 heavy (non-hydrogen) atoms. The monoisotopic (exact) mass is 509 g/mol. The molecule has 0 aromatic heterocycles. The maximum absolute atomic E-state index is 12.0. The van der Waals surface area contributed by atoms with E-state index in [1.165, 1.54) is 22.0 Å². The number of hydrogen-bond acceptors (Lipinski definition) is 7. The fourth-order valence-electron chi connectivity index (χ4n) is 4.15. The van der Waals surface area contributed by atoms with Crippen LogP contribution in [0.1, 0.15) is 33.9 Å². The highest BCUT2D eigenvalue weighted by Crippen LogP contribution is 2.27. The Labute approximate surface area is 203 Å². The number of nitrogens with zero attached hydrogens (tertiary/aromatic N) is 3. The zero-order chi connectivity index (χ0) is 24.7. The Kier molecular flexibility index (Phi) is 9.20. The van der Waals surface area contributed by atoms with Gasteiger partial charge in [0.15, 0.2) is 0 Å². The third-order valence-electron chi connectivity index (χ3n) is 6.00. The van der Waals surface area contributed by atoms with Crippen molar-refractivity contribution in [3.8, 4) is 0 Å². The van der Waals surface area contributed by atoms with Gasteiger partial charge in [-0.1, -0.05) is 42.5 Å². The number of esters is 1. The van der Waals surface area contributed by atoms with E-state index in [0.29, 0.717) is 44.7 Å². The quantitative estimate of drug-likeness (QED) is 0.382. The van der Waals surface area contributed by atoms with Crippen LogP contribution in [0, 0.1) is 0 Å². The molecule has 0 N–H and O–H groups in total. The standard InChI is InChI=1S/C23H31N3O6S2/c1-32-23(27)21-10-8-19(9-11-21)18-25(33(28)29)13-12-22(20-6-4-3-5-7-20)24-14-16-26(17-15-24)34(2,30)31/h3-11,22,33H,12-18H2,1-2H3. The molecule has 11 heteroatoms. The van der Waals surface area contributed by atoms with Gasteiger partial charge in [-0.25, -0.2) is 21.6 Å². The van der Waals surface area contributed by atoms with Gasteiger partial charge in [0.1, 0.15) is 0 Å². The molecule has 0 amide bonds. The first-order valence-electron chi connectivity index (χ1n) is 11.0. The Morgan fingerprint density at radius 1 is 1.03 bits per heavy atom. The molecule has 0 bridgehead atoms. The van der Waals surface area contributed by atoms with Gasteiger partial charge in [0.2, 0.25) is 20.9 Å². The van der Waals surface area contributed by atoms with Gasteiger partial charge in [0.05, 0.1) is 18.9 Å². The van der Waals surface area contributed by atoms with E-state index in [2.05, 4.69) is 4.90 Å². The van der Waals surface area contributed by atoms with Crippen molar-refractivity contribution >= 4 is 26.9 Å². The number of rotatable bonds is 10. The summed E-state index contributed by atoms with van der Waals surface area (Å²) in [7, 11) is -4.74. The lowest BCUT2D eigenvalue weighted by molar-refractivity contribution is 0.0600. The molecule has 1 aliphatic rings. The zero-order valence-corrected chi connectivity index (χ0v) is 21.1. The Hall–Kier alpha value is -2.31. The van der Waals surface area contributed by atoms with Gasteiger partial charge >= 0.3 is 5.97 Å². The van der Waals surface area contributed by atoms with Crippen LogP contribution < -0.4 is 0 Å². The average Bonchev–Trinajstić information content (AvgIpc) is 2.83. The first kappa shape index (κ1) is 26.3. The molecule has 0 spiro atoms. The summed E-state index contributed by atoms with van der Waals surface area (Å²) >= 11 is 0. The van der Waals surface area contributed by atoms with Crippen molar-refractivity contribution in [3.05, 3.63) is 71.3 Å². The summed E-state index contributed by atoms with van der Waals surface area (Å²) in [5.41, 5.74) is 2.24. The van der Waals surface area contributed by atoms with Crippen molar-refractivity contribution in [3.63, 3.8) is 0 Å². The average molecular weight is 510 g/mol. The second-order valence-corrected chi connectivity index (χ2v) is 11.3. The number of ether oxygens (including phenoxy) is 1. The van der Waals surface area contributed by atoms with E-state index in [9.17, 15) is 21.6 Å². The number of benzene rings is 2. The smallest absolute Gasteiger partial charge is 0.337 e. The van der Waals surface area contributed by atoms with E-state index < -0.39 is 26.9 Å². The number of carbonyl (C=O) groups excluding carboxylic acids is 1. The van der Waals surface area contributed by atoms with Crippen LogP contribution in [0.4, 0.5) is 0 Å². The Bertz CT molecular complexity index is 1120. The van der Waals surface area contributed by atoms with Crippen molar-refractivity contribution in [1.82, 2.24) is 13.5 Å². The normalized spacial score (nSPS) is 16.6. The molecule has 1 heterocycles. The van der Waals surface area contributed by atoms with Crippen molar-refractivity contribution < 1.29 is 26.4 Å². The van der Waals surface area contributed by atoms with Gasteiger partial charge in [0.25, 0.3) is 0 Å². The Morgan fingerprint density at radius 2 is 1.65 bits per heavy atom. The highest BCUT2D eigenvalue weighted by Gasteiger charge is 2.29.